The maximum absolute atomic E-state index is 13.1. The lowest BCUT2D eigenvalue weighted by molar-refractivity contribution is -0.161. The van der Waals surface area contributed by atoms with Gasteiger partial charge in [-0.1, -0.05) is 351 Å². The largest absolute Gasteiger partial charge is 0.472 e. The summed E-state index contributed by atoms with van der Waals surface area (Å²) in [4.78, 5) is 72.9. The Morgan fingerprint density at radius 3 is 0.724 bits per heavy atom. The van der Waals surface area contributed by atoms with Crippen LogP contribution in [0.25, 0.3) is 0 Å². The van der Waals surface area contributed by atoms with Gasteiger partial charge in [0.2, 0.25) is 0 Å². The topological polar surface area (TPSA) is 237 Å². The van der Waals surface area contributed by atoms with Gasteiger partial charge in [0.05, 0.1) is 26.4 Å². The van der Waals surface area contributed by atoms with Gasteiger partial charge in [-0.2, -0.15) is 0 Å². The van der Waals surface area contributed by atoms with Gasteiger partial charge in [-0.25, -0.2) is 9.13 Å². The summed E-state index contributed by atoms with van der Waals surface area (Å²) in [6, 6.07) is 0. The molecule has 0 aromatic carbocycles. The Morgan fingerprint density at radius 2 is 0.490 bits per heavy atom. The van der Waals surface area contributed by atoms with Crippen LogP contribution in [0.3, 0.4) is 0 Å². The molecular weight excluding hydrogens is 1280 g/mol. The van der Waals surface area contributed by atoms with Crippen LogP contribution in [0, 0.1) is 23.7 Å². The van der Waals surface area contributed by atoms with Crippen LogP contribution < -0.4 is 0 Å². The van der Waals surface area contributed by atoms with Crippen molar-refractivity contribution in [2.75, 3.05) is 39.6 Å². The van der Waals surface area contributed by atoms with E-state index in [-0.39, 0.29) is 25.7 Å². The Kier molecular flexibility index (Phi) is 66.8. The van der Waals surface area contributed by atoms with Crippen molar-refractivity contribution in [3.8, 4) is 0 Å². The Balaban J connectivity index is 5.17. The van der Waals surface area contributed by atoms with Crippen molar-refractivity contribution < 1.29 is 80.2 Å². The molecule has 0 radical (unpaired) electrons. The van der Waals surface area contributed by atoms with Crippen molar-refractivity contribution >= 4 is 39.5 Å². The fourth-order valence-electron chi connectivity index (χ4n) is 12.0. The molecule has 0 saturated heterocycles. The predicted molar refractivity (Wildman–Crippen MR) is 400 cm³/mol. The number of hydrogen-bond acceptors (Lipinski definition) is 15. The maximum Gasteiger partial charge on any atom is 0.472 e. The molecule has 3 unspecified atom stereocenters. The number of phosphoric acid groups is 2. The molecular formula is C79H154O17P2. The van der Waals surface area contributed by atoms with Gasteiger partial charge < -0.3 is 33.8 Å². The first kappa shape index (κ1) is 96.1. The number of aliphatic hydroxyl groups excluding tert-OH is 1. The third kappa shape index (κ3) is 71.1. The summed E-state index contributed by atoms with van der Waals surface area (Å²) < 4.78 is 68.6. The van der Waals surface area contributed by atoms with Crippen LogP contribution in [-0.4, -0.2) is 96.7 Å². The summed E-state index contributed by atoms with van der Waals surface area (Å²) in [6.45, 7) is 14.2. The Hall–Kier alpha value is -1.94. The third-order valence-electron chi connectivity index (χ3n) is 18.7. The van der Waals surface area contributed by atoms with E-state index in [9.17, 15) is 43.2 Å². The van der Waals surface area contributed by atoms with Crippen LogP contribution in [-0.2, 0) is 65.4 Å². The molecule has 0 aliphatic carbocycles. The van der Waals surface area contributed by atoms with Crippen LogP contribution in [0.1, 0.15) is 402 Å². The first-order valence-electron chi connectivity index (χ1n) is 40.7. The van der Waals surface area contributed by atoms with Gasteiger partial charge in [0, 0.05) is 25.7 Å². The van der Waals surface area contributed by atoms with E-state index in [1.54, 1.807) is 0 Å². The molecule has 0 aromatic rings. The number of carbonyl (C=O) groups is 4. The molecule has 0 saturated carbocycles. The van der Waals surface area contributed by atoms with Gasteiger partial charge in [0.15, 0.2) is 12.2 Å². The van der Waals surface area contributed by atoms with E-state index in [1.165, 1.54) is 199 Å². The van der Waals surface area contributed by atoms with Crippen molar-refractivity contribution in [3.05, 3.63) is 0 Å². The van der Waals surface area contributed by atoms with E-state index in [4.69, 9.17) is 37.0 Å². The highest BCUT2D eigenvalue weighted by Gasteiger charge is 2.30. The molecule has 19 heteroatoms. The minimum absolute atomic E-state index is 0.106. The molecule has 0 bridgehead atoms. The zero-order chi connectivity index (χ0) is 72.4. The molecule has 3 N–H and O–H groups in total. The number of unbranched alkanes of at least 4 members (excludes halogenated alkanes) is 41. The summed E-state index contributed by atoms with van der Waals surface area (Å²) in [5.41, 5.74) is 0. The molecule has 582 valence electrons. The number of aliphatic hydroxyl groups is 1. The molecule has 6 atom stereocenters. The average molecular weight is 1440 g/mol. The number of carbonyl (C=O) groups excluding carboxylic acids is 4. The van der Waals surface area contributed by atoms with E-state index >= 15 is 0 Å². The lowest BCUT2D eigenvalue weighted by Crippen LogP contribution is -2.30. The van der Waals surface area contributed by atoms with E-state index in [0.29, 0.717) is 31.6 Å². The molecule has 0 amide bonds. The maximum atomic E-state index is 13.1. The summed E-state index contributed by atoms with van der Waals surface area (Å²) in [7, 11) is -9.92. The van der Waals surface area contributed by atoms with Crippen LogP contribution >= 0.6 is 15.6 Å². The molecule has 0 spiro atoms. The molecule has 0 heterocycles. The van der Waals surface area contributed by atoms with Crippen LogP contribution in [0.5, 0.6) is 0 Å². The van der Waals surface area contributed by atoms with Gasteiger partial charge in [-0.05, 0) is 49.4 Å². The predicted octanol–water partition coefficient (Wildman–Crippen LogP) is 23.2. The highest BCUT2D eigenvalue weighted by atomic mass is 31.2. The normalized spacial score (nSPS) is 14.3. The fourth-order valence-corrected chi connectivity index (χ4v) is 13.6. The second-order valence-corrected chi connectivity index (χ2v) is 33.0. The van der Waals surface area contributed by atoms with E-state index < -0.39 is 97.5 Å². The van der Waals surface area contributed by atoms with Gasteiger partial charge in [0.25, 0.3) is 0 Å². The molecule has 17 nitrogen and oxygen atoms in total. The van der Waals surface area contributed by atoms with E-state index in [0.717, 1.165) is 114 Å². The molecule has 0 aliphatic heterocycles. The third-order valence-corrected chi connectivity index (χ3v) is 20.6. The lowest BCUT2D eigenvalue weighted by Gasteiger charge is -2.21. The van der Waals surface area contributed by atoms with Crippen LogP contribution in [0.2, 0.25) is 0 Å². The van der Waals surface area contributed by atoms with Gasteiger partial charge >= 0.3 is 39.5 Å². The number of ether oxygens (including phenoxy) is 4. The molecule has 98 heavy (non-hydrogen) atoms. The van der Waals surface area contributed by atoms with Crippen molar-refractivity contribution in [2.45, 2.75) is 420 Å². The minimum Gasteiger partial charge on any atom is -0.462 e. The lowest BCUT2D eigenvalue weighted by atomic mass is 9.99. The Bertz CT molecular complexity index is 1920. The van der Waals surface area contributed by atoms with Gasteiger partial charge in [0.1, 0.15) is 19.3 Å². The van der Waals surface area contributed by atoms with Gasteiger partial charge in [-0.15, -0.1) is 0 Å². The van der Waals surface area contributed by atoms with Crippen molar-refractivity contribution in [1.82, 2.24) is 0 Å². The quantitative estimate of drug-likeness (QED) is 0.0222. The Morgan fingerprint density at radius 1 is 0.286 bits per heavy atom. The molecule has 0 fully saturated rings. The van der Waals surface area contributed by atoms with E-state index in [1.807, 2.05) is 0 Å². The van der Waals surface area contributed by atoms with Crippen molar-refractivity contribution in [2.24, 2.45) is 23.7 Å². The van der Waals surface area contributed by atoms with Crippen molar-refractivity contribution in [1.29, 1.82) is 0 Å². The standard InChI is InChI=1S/C79H154O17P2/c1-9-72(8)58-50-42-33-27-21-16-14-12-10-11-13-15-17-22-28-35-45-53-61-79(84)96-75(66-90-77(82)60-52-44-38-37-41-49-57-71(6)7)68-94-98(87,88)92-64-73(80)63-91-97(85,86)93-67-74(65-89-76(81)59-51-43-34-30-24-26-32-40-48-56-70(4)5)95-78(83)62-54-46-36-29-23-19-18-20-25-31-39-47-55-69(2)3/h69-75,80H,9-68H2,1-8H3,(H,85,86)(H,87,88)/t72?,73-,74-,75-/m1/s1. The fraction of sp³-hybridized carbons (Fsp3) is 0.949. The number of phosphoric ester groups is 2. The highest BCUT2D eigenvalue weighted by molar-refractivity contribution is 7.47. The Labute approximate surface area is 600 Å². The SMILES string of the molecule is CCC(C)CCCCCCCCCCCCCCCCCCCCC(=O)O[C@H](COC(=O)CCCCCCCCC(C)C)COP(=O)(O)OC[C@H](O)COP(=O)(O)OC[C@@H](COC(=O)CCCCCCCCCCCC(C)C)OC(=O)CCCCCCCCCCCCCCC(C)C. The first-order chi connectivity index (χ1) is 47.1. The second kappa shape index (κ2) is 68.2. The van der Waals surface area contributed by atoms with Crippen LogP contribution in [0.15, 0.2) is 0 Å². The number of esters is 4. The monoisotopic (exact) mass is 1440 g/mol. The average Bonchev–Trinajstić information content (AvgIpc) is 1.37. The van der Waals surface area contributed by atoms with Crippen molar-refractivity contribution in [3.63, 3.8) is 0 Å². The van der Waals surface area contributed by atoms with E-state index in [2.05, 4.69) is 55.4 Å². The molecule has 0 aromatic heterocycles. The first-order valence-corrected chi connectivity index (χ1v) is 43.7. The second-order valence-electron chi connectivity index (χ2n) is 30.1. The summed E-state index contributed by atoms with van der Waals surface area (Å²) in [6.07, 6.45) is 54.3. The molecule has 0 rings (SSSR count). The molecule has 0 aliphatic rings. The van der Waals surface area contributed by atoms with Gasteiger partial charge in [-0.3, -0.25) is 37.3 Å². The summed E-state index contributed by atoms with van der Waals surface area (Å²) in [5.74, 6) is 0.951. The number of hydrogen-bond donors (Lipinski definition) is 3. The minimum atomic E-state index is -4.96. The van der Waals surface area contributed by atoms with Crippen LogP contribution in [0.4, 0.5) is 0 Å². The zero-order valence-corrected chi connectivity index (χ0v) is 66.2. The highest BCUT2D eigenvalue weighted by Crippen LogP contribution is 2.45. The number of rotatable bonds is 76. The zero-order valence-electron chi connectivity index (χ0n) is 64.4. The smallest absolute Gasteiger partial charge is 0.462 e. The summed E-state index contributed by atoms with van der Waals surface area (Å²) in [5, 5.41) is 10.6. The summed E-state index contributed by atoms with van der Waals surface area (Å²) >= 11 is 0.